The molecule has 1 aliphatic carbocycles. The minimum Gasteiger partial charge on any atom is -0.395 e. The van der Waals surface area contributed by atoms with Crippen LogP contribution in [0.3, 0.4) is 0 Å². The van der Waals surface area contributed by atoms with E-state index in [9.17, 15) is 5.11 Å². The second-order valence-electron chi connectivity index (χ2n) is 9.27. The van der Waals surface area contributed by atoms with Crippen molar-refractivity contribution in [1.29, 1.82) is 0 Å². The third-order valence-electron chi connectivity index (χ3n) is 6.61. The maximum Gasteiger partial charge on any atom is 0.224 e. The van der Waals surface area contributed by atoms with Crippen LogP contribution < -0.4 is 10.6 Å². The first-order valence-corrected chi connectivity index (χ1v) is 12.3. The molecule has 0 spiro atoms. The van der Waals surface area contributed by atoms with E-state index in [1.807, 2.05) is 6.20 Å². The van der Waals surface area contributed by atoms with Crippen molar-refractivity contribution in [3.8, 4) is 11.1 Å². The van der Waals surface area contributed by atoms with E-state index in [-0.39, 0.29) is 12.7 Å². The van der Waals surface area contributed by atoms with Gasteiger partial charge in [-0.1, -0.05) is 37.6 Å². The molecule has 0 radical (unpaired) electrons. The van der Waals surface area contributed by atoms with Crippen molar-refractivity contribution in [1.82, 2.24) is 19.9 Å². The molecule has 4 N–H and O–H groups in total. The molecular formula is C26H37N5O2. The van der Waals surface area contributed by atoms with Crippen molar-refractivity contribution in [3.63, 3.8) is 0 Å². The zero-order valence-electron chi connectivity index (χ0n) is 19.8. The standard InChI is InChI=1S/C26H37N5O2/c1-3-4-18(2)29-26-28-16-23-24(20-7-5-19(6-8-20)15-27-13-14-32)17-31(25(23)30-26)21-9-11-22(33)12-10-21/h5-8,16-18,21-22,27,32-33H,3-4,9-15H2,1-2H3,(H,28,29,30)/t18-,21?,22?/m0/s1. The van der Waals surface area contributed by atoms with Gasteiger partial charge in [0.1, 0.15) is 5.65 Å². The lowest BCUT2D eigenvalue weighted by Crippen LogP contribution is -2.21. The van der Waals surface area contributed by atoms with Crippen LogP contribution in [0.4, 0.5) is 5.95 Å². The fraction of sp³-hybridized carbons (Fsp3) is 0.538. The van der Waals surface area contributed by atoms with Gasteiger partial charge in [0.2, 0.25) is 5.95 Å². The normalized spacial score (nSPS) is 19.6. The molecule has 1 saturated carbocycles. The number of hydrogen-bond donors (Lipinski definition) is 4. The highest BCUT2D eigenvalue weighted by Gasteiger charge is 2.24. The molecule has 33 heavy (non-hydrogen) atoms. The number of aromatic nitrogens is 3. The summed E-state index contributed by atoms with van der Waals surface area (Å²) in [6.45, 7) is 5.83. The van der Waals surface area contributed by atoms with Crippen LogP contribution >= 0.6 is 0 Å². The van der Waals surface area contributed by atoms with Gasteiger partial charge in [-0.15, -0.1) is 0 Å². The molecule has 1 aliphatic rings. The maximum atomic E-state index is 10.0. The van der Waals surface area contributed by atoms with Gasteiger partial charge in [-0.2, -0.15) is 4.98 Å². The van der Waals surface area contributed by atoms with Gasteiger partial charge in [0, 0.05) is 48.5 Å². The van der Waals surface area contributed by atoms with E-state index in [0.717, 1.165) is 67.2 Å². The monoisotopic (exact) mass is 451 g/mol. The average molecular weight is 452 g/mol. The third-order valence-corrected chi connectivity index (χ3v) is 6.61. The first-order valence-electron chi connectivity index (χ1n) is 12.3. The average Bonchev–Trinajstić information content (AvgIpc) is 3.19. The Morgan fingerprint density at radius 2 is 1.91 bits per heavy atom. The number of anilines is 1. The van der Waals surface area contributed by atoms with Crippen molar-refractivity contribution >= 4 is 17.0 Å². The number of nitrogens with one attached hydrogen (secondary N) is 2. The molecule has 7 nitrogen and oxygen atoms in total. The van der Waals surface area contributed by atoms with E-state index < -0.39 is 0 Å². The molecule has 0 bridgehead atoms. The summed E-state index contributed by atoms with van der Waals surface area (Å²) in [5.74, 6) is 0.676. The molecule has 7 heteroatoms. The molecule has 0 amide bonds. The Hall–Kier alpha value is -2.48. The van der Waals surface area contributed by atoms with Gasteiger partial charge in [-0.05, 0) is 50.2 Å². The van der Waals surface area contributed by atoms with Crippen LogP contribution in [0.5, 0.6) is 0 Å². The summed E-state index contributed by atoms with van der Waals surface area (Å²) in [6.07, 6.45) is 9.76. The summed E-state index contributed by atoms with van der Waals surface area (Å²) >= 11 is 0. The molecule has 0 unspecified atom stereocenters. The summed E-state index contributed by atoms with van der Waals surface area (Å²) in [6, 6.07) is 9.21. The Balaban J connectivity index is 1.67. The Morgan fingerprint density at radius 1 is 1.15 bits per heavy atom. The summed E-state index contributed by atoms with van der Waals surface area (Å²) in [5.41, 5.74) is 4.43. The minimum absolute atomic E-state index is 0.143. The number of nitrogens with zero attached hydrogens (tertiary/aromatic N) is 3. The molecule has 1 atom stereocenters. The molecule has 2 heterocycles. The van der Waals surface area contributed by atoms with E-state index in [1.165, 1.54) is 5.56 Å². The zero-order chi connectivity index (χ0) is 23.2. The van der Waals surface area contributed by atoms with Gasteiger partial charge >= 0.3 is 0 Å². The number of hydrogen-bond acceptors (Lipinski definition) is 6. The van der Waals surface area contributed by atoms with Crippen LogP contribution in [-0.2, 0) is 6.54 Å². The van der Waals surface area contributed by atoms with Gasteiger partial charge in [0.05, 0.1) is 12.7 Å². The van der Waals surface area contributed by atoms with Crippen LogP contribution in [0.2, 0.25) is 0 Å². The van der Waals surface area contributed by atoms with E-state index in [2.05, 4.69) is 64.5 Å². The van der Waals surface area contributed by atoms with E-state index >= 15 is 0 Å². The number of aliphatic hydroxyl groups excluding tert-OH is 2. The van der Waals surface area contributed by atoms with Crippen molar-refractivity contribution in [3.05, 3.63) is 42.2 Å². The highest BCUT2D eigenvalue weighted by Crippen LogP contribution is 2.36. The third kappa shape index (κ3) is 5.72. The fourth-order valence-corrected chi connectivity index (χ4v) is 4.78. The van der Waals surface area contributed by atoms with Crippen LogP contribution in [-0.4, -0.2) is 50.0 Å². The molecule has 178 valence electrons. The lowest BCUT2D eigenvalue weighted by molar-refractivity contribution is 0.111. The predicted octanol–water partition coefficient (Wildman–Crippen LogP) is 4.26. The summed E-state index contributed by atoms with van der Waals surface area (Å²) in [4.78, 5) is 9.59. The predicted molar refractivity (Wildman–Crippen MR) is 133 cm³/mol. The number of fused-ring (bicyclic) bond motifs is 1. The SMILES string of the molecule is CCC[C@H](C)Nc1ncc2c(-c3ccc(CNCCO)cc3)cn(C3CCC(O)CC3)c2n1. The van der Waals surface area contributed by atoms with Crippen LogP contribution in [0.15, 0.2) is 36.7 Å². The van der Waals surface area contributed by atoms with E-state index in [4.69, 9.17) is 10.1 Å². The second kappa shape index (κ2) is 11.1. The summed E-state index contributed by atoms with van der Waals surface area (Å²) in [7, 11) is 0. The van der Waals surface area contributed by atoms with Crippen LogP contribution in [0.25, 0.3) is 22.2 Å². The molecule has 0 saturated heterocycles. The molecule has 1 fully saturated rings. The van der Waals surface area contributed by atoms with E-state index in [0.29, 0.717) is 24.6 Å². The van der Waals surface area contributed by atoms with E-state index in [1.54, 1.807) is 0 Å². The quantitative estimate of drug-likeness (QED) is 0.344. The number of benzene rings is 1. The molecule has 0 aliphatic heterocycles. The largest absolute Gasteiger partial charge is 0.395 e. The van der Waals surface area contributed by atoms with Crippen molar-refractivity contribution in [2.45, 2.75) is 77.1 Å². The lowest BCUT2D eigenvalue weighted by Gasteiger charge is -2.27. The molecule has 3 aromatic rings. The summed E-state index contributed by atoms with van der Waals surface area (Å²) in [5, 5.41) is 26.7. The Morgan fingerprint density at radius 3 is 2.61 bits per heavy atom. The molecule has 1 aromatic carbocycles. The number of aliphatic hydroxyl groups is 2. The molecular weight excluding hydrogens is 414 g/mol. The molecule has 4 rings (SSSR count). The van der Waals surface area contributed by atoms with Crippen LogP contribution in [0, 0.1) is 0 Å². The zero-order valence-corrected chi connectivity index (χ0v) is 19.8. The fourth-order valence-electron chi connectivity index (χ4n) is 4.78. The molecule has 2 aromatic heterocycles. The smallest absolute Gasteiger partial charge is 0.224 e. The van der Waals surface area contributed by atoms with Gasteiger partial charge < -0.3 is 25.4 Å². The first kappa shape index (κ1) is 23.7. The van der Waals surface area contributed by atoms with Gasteiger partial charge in [0.25, 0.3) is 0 Å². The van der Waals surface area contributed by atoms with Crippen molar-refractivity contribution < 1.29 is 10.2 Å². The highest BCUT2D eigenvalue weighted by atomic mass is 16.3. The number of rotatable bonds is 10. The second-order valence-corrected chi connectivity index (χ2v) is 9.27. The van der Waals surface area contributed by atoms with Gasteiger partial charge in [-0.3, -0.25) is 0 Å². The van der Waals surface area contributed by atoms with Crippen molar-refractivity contribution in [2.75, 3.05) is 18.5 Å². The van der Waals surface area contributed by atoms with Gasteiger partial charge in [0.15, 0.2) is 0 Å². The topological polar surface area (TPSA) is 95.2 Å². The Bertz CT molecular complexity index is 1030. The van der Waals surface area contributed by atoms with Crippen LogP contribution in [0.1, 0.15) is 64.0 Å². The maximum absolute atomic E-state index is 10.0. The minimum atomic E-state index is -0.184. The first-order chi connectivity index (χ1) is 16.1. The highest BCUT2D eigenvalue weighted by molar-refractivity contribution is 5.94. The van der Waals surface area contributed by atoms with Crippen molar-refractivity contribution in [2.24, 2.45) is 0 Å². The summed E-state index contributed by atoms with van der Waals surface area (Å²) < 4.78 is 2.31. The Kier molecular flexibility index (Phi) is 7.96. The Labute approximate surface area is 196 Å². The van der Waals surface area contributed by atoms with Gasteiger partial charge in [-0.25, -0.2) is 4.98 Å². The lowest BCUT2D eigenvalue weighted by atomic mass is 9.93.